The summed E-state index contributed by atoms with van der Waals surface area (Å²) in [7, 11) is 0. The summed E-state index contributed by atoms with van der Waals surface area (Å²) in [5.41, 5.74) is 7.56. The Labute approximate surface area is 293 Å². The van der Waals surface area contributed by atoms with Gasteiger partial charge in [0.05, 0.1) is 37.3 Å². The predicted molar refractivity (Wildman–Crippen MR) is 188 cm³/mol. The molecule has 1 fully saturated rings. The molecule has 50 heavy (non-hydrogen) atoms. The maximum absolute atomic E-state index is 13.6. The standard InChI is InChI=1S/C38H49N5O7/c1-38(2,3)42-36(47)32-20-29(49-24-27-15-9-5-10-16-27)22-43(32)23-33(44)30(19-26-13-7-4-8-14-26)40-35(46)31(21-34(39)45)41-37(48)50-25-28-17-11-6-12-18-28/h4-18,29-33,44H,19-25H2,1-3H3,(H2,39,45)(H,40,46)(H,41,48)(H,42,47)/t29-,30+,31+,32+,33-/m1/s1. The third kappa shape index (κ3) is 12.6. The van der Waals surface area contributed by atoms with Crippen LogP contribution in [0.4, 0.5) is 4.79 Å². The number of hydrogen-bond acceptors (Lipinski definition) is 8. The zero-order chi connectivity index (χ0) is 36.1. The molecule has 12 nitrogen and oxygen atoms in total. The first-order valence-electron chi connectivity index (χ1n) is 16.9. The third-order valence-corrected chi connectivity index (χ3v) is 8.23. The van der Waals surface area contributed by atoms with Gasteiger partial charge in [-0.2, -0.15) is 0 Å². The zero-order valence-electron chi connectivity index (χ0n) is 28.9. The second kappa shape index (κ2) is 18.3. The first-order chi connectivity index (χ1) is 23.9. The van der Waals surface area contributed by atoms with Crippen molar-refractivity contribution in [1.82, 2.24) is 20.9 Å². The Morgan fingerprint density at radius 1 is 0.860 bits per heavy atom. The van der Waals surface area contributed by atoms with Gasteiger partial charge in [-0.25, -0.2) is 4.79 Å². The molecule has 6 N–H and O–H groups in total. The summed E-state index contributed by atoms with van der Waals surface area (Å²) < 4.78 is 11.5. The monoisotopic (exact) mass is 687 g/mol. The molecule has 3 aromatic carbocycles. The summed E-state index contributed by atoms with van der Waals surface area (Å²) in [6.45, 7) is 6.48. The Morgan fingerprint density at radius 2 is 1.42 bits per heavy atom. The molecule has 12 heteroatoms. The van der Waals surface area contributed by atoms with Gasteiger partial charge in [0, 0.05) is 18.6 Å². The highest BCUT2D eigenvalue weighted by Gasteiger charge is 2.40. The number of β-amino-alcohol motifs (C(OH)–C–C–N with tert-alkyl or cyclic N) is 1. The third-order valence-electron chi connectivity index (χ3n) is 8.23. The molecule has 268 valence electrons. The molecule has 0 saturated carbocycles. The number of nitrogens with zero attached hydrogens (tertiary/aromatic N) is 1. The van der Waals surface area contributed by atoms with Crippen molar-refractivity contribution in [1.29, 1.82) is 0 Å². The average Bonchev–Trinajstić information content (AvgIpc) is 3.49. The van der Waals surface area contributed by atoms with Crippen molar-refractivity contribution in [2.24, 2.45) is 5.73 Å². The molecule has 0 aromatic heterocycles. The maximum Gasteiger partial charge on any atom is 0.408 e. The summed E-state index contributed by atoms with van der Waals surface area (Å²) >= 11 is 0. The topological polar surface area (TPSA) is 172 Å². The van der Waals surface area contributed by atoms with E-state index in [1.54, 1.807) is 24.3 Å². The molecule has 5 atom stereocenters. The van der Waals surface area contributed by atoms with E-state index < -0.39 is 54.1 Å². The van der Waals surface area contributed by atoms with Crippen molar-refractivity contribution in [3.05, 3.63) is 108 Å². The fourth-order valence-corrected chi connectivity index (χ4v) is 5.82. The van der Waals surface area contributed by atoms with Crippen molar-refractivity contribution in [3.8, 4) is 0 Å². The van der Waals surface area contributed by atoms with Crippen LogP contribution in [0.1, 0.15) is 50.3 Å². The Hall–Kier alpha value is -4.78. The molecule has 0 aliphatic carbocycles. The molecule has 4 amide bonds. The minimum absolute atomic E-state index is 0.0389. The van der Waals surface area contributed by atoms with Gasteiger partial charge in [-0.3, -0.25) is 19.3 Å². The van der Waals surface area contributed by atoms with Gasteiger partial charge in [0.1, 0.15) is 12.6 Å². The van der Waals surface area contributed by atoms with Crippen LogP contribution in [-0.2, 0) is 43.5 Å². The fourth-order valence-electron chi connectivity index (χ4n) is 5.82. The minimum atomic E-state index is -1.35. The van der Waals surface area contributed by atoms with E-state index in [-0.39, 0.29) is 31.6 Å². The Kier molecular flexibility index (Phi) is 13.9. The summed E-state index contributed by atoms with van der Waals surface area (Å²) in [5, 5.41) is 20.1. The number of alkyl carbamates (subject to hydrolysis) is 1. The van der Waals surface area contributed by atoms with Gasteiger partial charge in [-0.15, -0.1) is 0 Å². The molecular weight excluding hydrogens is 638 g/mol. The molecule has 0 radical (unpaired) electrons. The van der Waals surface area contributed by atoms with Crippen LogP contribution in [0.2, 0.25) is 0 Å². The van der Waals surface area contributed by atoms with E-state index in [2.05, 4.69) is 16.0 Å². The lowest BCUT2D eigenvalue weighted by molar-refractivity contribution is -0.129. The fraction of sp³-hybridized carbons (Fsp3) is 0.421. The normalized spacial score (nSPS) is 18.0. The lowest BCUT2D eigenvalue weighted by Gasteiger charge is -2.32. The highest BCUT2D eigenvalue weighted by Crippen LogP contribution is 2.24. The quantitative estimate of drug-likeness (QED) is 0.153. The van der Waals surface area contributed by atoms with E-state index in [4.69, 9.17) is 15.2 Å². The SMILES string of the molecule is CC(C)(C)NC(=O)[C@@H]1C[C@@H](OCc2ccccc2)CN1C[C@@H](O)[C@H](Cc1ccccc1)NC(=O)[C@H](CC(N)=O)NC(=O)OCc1ccccc1. The highest BCUT2D eigenvalue weighted by molar-refractivity contribution is 5.90. The van der Waals surface area contributed by atoms with Gasteiger partial charge < -0.3 is 36.3 Å². The van der Waals surface area contributed by atoms with Gasteiger partial charge in [0.2, 0.25) is 17.7 Å². The van der Waals surface area contributed by atoms with Crippen LogP contribution < -0.4 is 21.7 Å². The summed E-state index contributed by atoms with van der Waals surface area (Å²) in [6.07, 6.45) is -2.16. The number of carbonyl (C=O) groups excluding carboxylic acids is 4. The number of carbonyl (C=O) groups is 4. The summed E-state index contributed by atoms with van der Waals surface area (Å²) in [5.74, 6) is -1.70. The van der Waals surface area contributed by atoms with E-state index >= 15 is 0 Å². The van der Waals surface area contributed by atoms with Gasteiger partial charge in [-0.05, 0) is 50.3 Å². The Bertz CT molecular complexity index is 1540. The summed E-state index contributed by atoms with van der Waals surface area (Å²) in [4.78, 5) is 53.6. The van der Waals surface area contributed by atoms with Gasteiger partial charge >= 0.3 is 6.09 Å². The number of primary amides is 1. The van der Waals surface area contributed by atoms with Crippen molar-refractivity contribution in [2.45, 2.75) is 89.1 Å². The number of ether oxygens (including phenoxy) is 2. The second-order valence-corrected chi connectivity index (χ2v) is 13.7. The number of rotatable bonds is 16. The lowest BCUT2D eigenvalue weighted by Crippen LogP contribution is -2.57. The smallest absolute Gasteiger partial charge is 0.408 e. The van der Waals surface area contributed by atoms with Crippen LogP contribution in [0.5, 0.6) is 0 Å². The van der Waals surface area contributed by atoms with E-state index in [0.717, 1.165) is 16.7 Å². The molecule has 1 saturated heterocycles. The van der Waals surface area contributed by atoms with Crippen LogP contribution >= 0.6 is 0 Å². The Morgan fingerprint density at radius 3 is 1.98 bits per heavy atom. The predicted octanol–water partition coefficient (Wildman–Crippen LogP) is 2.82. The van der Waals surface area contributed by atoms with Crippen LogP contribution in [-0.4, -0.2) is 82.8 Å². The van der Waals surface area contributed by atoms with Gasteiger partial charge in [-0.1, -0.05) is 91.0 Å². The van der Waals surface area contributed by atoms with E-state index in [1.165, 1.54) is 0 Å². The molecule has 0 unspecified atom stereocenters. The molecule has 0 spiro atoms. The van der Waals surface area contributed by atoms with Crippen molar-refractivity contribution < 1.29 is 33.8 Å². The van der Waals surface area contributed by atoms with Crippen molar-refractivity contribution in [2.75, 3.05) is 13.1 Å². The number of aliphatic hydroxyl groups excluding tert-OH is 1. The van der Waals surface area contributed by atoms with Crippen molar-refractivity contribution in [3.63, 3.8) is 0 Å². The second-order valence-electron chi connectivity index (χ2n) is 13.7. The first kappa shape index (κ1) is 38.0. The van der Waals surface area contributed by atoms with Crippen molar-refractivity contribution >= 4 is 23.8 Å². The molecular formula is C38H49N5O7. The van der Waals surface area contributed by atoms with Crippen LogP contribution in [0.3, 0.4) is 0 Å². The largest absolute Gasteiger partial charge is 0.445 e. The molecule has 4 rings (SSSR count). The lowest BCUT2D eigenvalue weighted by atomic mass is 9.99. The molecule has 1 aliphatic heterocycles. The molecule has 1 heterocycles. The molecule has 3 aromatic rings. The van der Waals surface area contributed by atoms with Crippen LogP contribution in [0.25, 0.3) is 0 Å². The van der Waals surface area contributed by atoms with Gasteiger partial charge in [0.15, 0.2) is 0 Å². The highest BCUT2D eigenvalue weighted by atomic mass is 16.5. The number of benzene rings is 3. The maximum atomic E-state index is 13.6. The number of aliphatic hydroxyl groups is 1. The minimum Gasteiger partial charge on any atom is -0.445 e. The van der Waals surface area contributed by atoms with E-state index in [0.29, 0.717) is 19.6 Å². The number of nitrogens with two attached hydrogens (primary N) is 1. The number of nitrogens with one attached hydrogen (secondary N) is 3. The number of amides is 4. The summed E-state index contributed by atoms with van der Waals surface area (Å²) in [6, 6.07) is 25.3. The van der Waals surface area contributed by atoms with Gasteiger partial charge in [0.25, 0.3) is 0 Å². The molecule has 1 aliphatic rings. The Balaban J connectivity index is 1.48. The van der Waals surface area contributed by atoms with E-state index in [9.17, 15) is 24.3 Å². The number of hydrogen-bond donors (Lipinski definition) is 5. The van der Waals surface area contributed by atoms with E-state index in [1.807, 2.05) is 92.4 Å². The zero-order valence-corrected chi connectivity index (χ0v) is 28.9. The average molecular weight is 688 g/mol. The van der Waals surface area contributed by atoms with Crippen LogP contribution in [0, 0.1) is 0 Å². The number of likely N-dealkylation sites (tertiary alicyclic amines) is 1. The molecule has 0 bridgehead atoms. The van der Waals surface area contributed by atoms with Crippen LogP contribution in [0.15, 0.2) is 91.0 Å². The first-order valence-corrected chi connectivity index (χ1v) is 16.9.